The Hall–Kier alpha value is -1.99. The molecule has 0 bridgehead atoms. The molecule has 3 heterocycles. The van der Waals surface area contributed by atoms with E-state index in [1.54, 1.807) is 22.1 Å². The average Bonchev–Trinajstić information content (AvgIpc) is 3.20. The first-order valence-electron chi connectivity index (χ1n) is 7.65. The number of hydrogen-bond donors (Lipinski definition) is 0. The van der Waals surface area contributed by atoms with Crippen LogP contribution in [-0.4, -0.2) is 45.6 Å². The van der Waals surface area contributed by atoms with E-state index in [9.17, 15) is 4.79 Å². The number of ether oxygens (including phenoxy) is 1. The minimum Gasteiger partial charge on any atom is -0.381 e. The summed E-state index contributed by atoms with van der Waals surface area (Å²) < 4.78 is 7.37. The monoisotopic (exact) mass is 332 g/mol. The van der Waals surface area contributed by atoms with Crippen molar-refractivity contribution in [2.45, 2.75) is 19.4 Å². The van der Waals surface area contributed by atoms with Gasteiger partial charge in [0.2, 0.25) is 5.91 Å². The molecule has 6 nitrogen and oxygen atoms in total. The molecule has 23 heavy (non-hydrogen) atoms. The minimum absolute atomic E-state index is 0.00352. The number of carbonyl (C=O) groups excluding carboxylic acids is 1. The number of amides is 1. The van der Waals surface area contributed by atoms with Crippen molar-refractivity contribution in [2.75, 3.05) is 19.8 Å². The van der Waals surface area contributed by atoms with Crippen molar-refractivity contribution in [3.8, 4) is 0 Å². The Balaban J connectivity index is 1.75. The van der Waals surface area contributed by atoms with Gasteiger partial charge in [-0.1, -0.05) is 11.3 Å². The van der Waals surface area contributed by atoms with Crippen LogP contribution in [0.3, 0.4) is 0 Å². The van der Waals surface area contributed by atoms with Crippen molar-refractivity contribution in [3.05, 3.63) is 39.9 Å². The van der Waals surface area contributed by atoms with Gasteiger partial charge in [0.05, 0.1) is 18.8 Å². The smallest absolute Gasteiger partial charge is 0.246 e. The van der Waals surface area contributed by atoms with Gasteiger partial charge in [0, 0.05) is 37.1 Å². The largest absolute Gasteiger partial charge is 0.381 e. The Labute approximate surface area is 139 Å². The van der Waals surface area contributed by atoms with Crippen molar-refractivity contribution >= 4 is 23.3 Å². The predicted molar refractivity (Wildman–Crippen MR) is 89.0 cm³/mol. The molecule has 0 radical (unpaired) electrons. The zero-order valence-corrected chi connectivity index (χ0v) is 14.1. The summed E-state index contributed by atoms with van der Waals surface area (Å²) in [5, 5.41) is 10.3. The van der Waals surface area contributed by atoms with Gasteiger partial charge in [-0.2, -0.15) is 0 Å². The molecule has 0 spiro atoms. The summed E-state index contributed by atoms with van der Waals surface area (Å²) in [6, 6.07) is 3.96. The summed E-state index contributed by atoms with van der Waals surface area (Å²) in [6.45, 7) is 4.33. The predicted octanol–water partition coefficient (Wildman–Crippen LogP) is 2.05. The van der Waals surface area contributed by atoms with Crippen LogP contribution in [-0.2, 0) is 23.1 Å². The van der Waals surface area contributed by atoms with E-state index in [1.807, 2.05) is 42.5 Å². The number of rotatable bonds is 5. The molecule has 1 aliphatic rings. The van der Waals surface area contributed by atoms with Crippen molar-refractivity contribution in [3.63, 3.8) is 0 Å². The first kappa shape index (κ1) is 15.9. The lowest BCUT2D eigenvalue weighted by Gasteiger charge is -2.31. The lowest BCUT2D eigenvalue weighted by molar-refractivity contribution is -0.127. The molecule has 3 rings (SSSR count). The third-order valence-electron chi connectivity index (χ3n) is 3.88. The highest BCUT2D eigenvalue weighted by molar-refractivity contribution is 7.10. The van der Waals surface area contributed by atoms with Gasteiger partial charge in [-0.3, -0.25) is 9.48 Å². The third kappa shape index (κ3) is 3.51. The van der Waals surface area contributed by atoms with Gasteiger partial charge < -0.3 is 9.64 Å². The normalized spacial score (nSPS) is 17.7. The summed E-state index contributed by atoms with van der Waals surface area (Å²) in [6.07, 6.45) is 3.49. The lowest BCUT2D eigenvalue weighted by Crippen LogP contribution is -2.39. The highest BCUT2D eigenvalue weighted by Gasteiger charge is 2.31. The molecule has 0 aliphatic carbocycles. The van der Waals surface area contributed by atoms with Gasteiger partial charge in [0.1, 0.15) is 5.69 Å². The Kier molecular flexibility index (Phi) is 4.88. The third-order valence-corrected chi connectivity index (χ3v) is 4.72. The highest BCUT2D eigenvalue weighted by atomic mass is 32.1. The van der Waals surface area contributed by atoms with E-state index in [-0.39, 0.29) is 11.8 Å². The molecule has 7 heteroatoms. The molecule has 2 aromatic heterocycles. The molecule has 1 amide bonds. The molecule has 0 unspecified atom stereocenters. The second kappa shape index (κ2) is 7.06. The summed E-state index contributed by atoms with van der Waals surface area (Å²) in [5.74, 6) is 0.106. The maximum atomic E-state index is 12.5. The van der Waals surface area contributed by atoms with Crippen molar-refractivity contribution in [1.82, 2.24) is 19.9 Å². The summed E-state index contributed by atoms with van der Waals surface area (Å²) >= 11 is 1.61. The van der Waals surface area contributed by atoms with Crippen LogP contribution < -0.4 is 0 Å². The van der Waals surface area contributed by atoms with E-state index in [4.69, 9.17) is 4.74 Å². The van der Waals surface area contributed by atoms with Gasteiger partial charge in [-0.05, 0) is 24.4 Å². The number of hydrogen-bond acceptors (Lipinski definition) is 5. The molecule has 0 N–H and O–H groups in total. The number of fused-ring (bicyclic) bond motifs is 1. The fraction of sp³-hybridized carbons (Fsp3) is 0.438. The van der Waals surface area contributed by atoms with Crippen LogP contribution in [0.2, 0.25) is 0 Å². The summed E-state index contributed by atoms with van der Waals surface area (Å²) in [7, 11) is 1.89. The Morgan fingerprint density at radius 3 is 3.17 bits per heavy atom. The fourth-order valence-electron chi connectivity index (χ4n) is 2.82. The molecule has 0 aromatic carbocycles. The van der Waals surface area contributed by atoms with Crippen molar-refractivity contribution in [1.29, 1.82) is 0 Å². The quantitative estimate of drug-likeness (QED) is 0.786. The molecular formula is C16H20N4O2S. The average molecular weight is 332 g/mol. The lowest BCUT2D eigenvalue weighted by atomic mass is 9.99. The minimum atomic E-state index is -0.00352. The Morgan fingerprint density at radius 1 is 1.57 bits per heavy atom. The van der Waals surface area contributed by atoms with Gasteiger partial charge in [0.15, 0.2) is 0 Å². The SMILES string of the molecule is CCOC[C@@H]1CN(C(=O)/C=C/c2cccs2)Cc2nnn(C)c21. The van der Waals surface area contributed by atoms with Crippen LogP contribution >= 0.6 is 11.3 Å². The number of nitrogens with zero attached hydrogens (tertiary/aromatic N) is 4. The molecule has 122 valence electrons. The molecular weight excluding hydrogens is 312 g/mol. The number of thiophene rings is 1. The maximum Gasteiger partial charge on any atom is 0.246 e. The van der Waals surface area contributed by atoms with Gasteiger partial charge in [0.25, 0.3) is 0 Å². The molecule has 0 saturated carbocycles. The number of aromatic nitrogens is 3. The van der Waals surface area contributed by atoms with E-state index < -0.39 is 0 Å². The summed E-state index contributed by atoms with van der Waals surface area (Å²) in [5.41, 5.74) is 1.94. The molecule has 1 aliphatic heterocycles. The van der Waals surface area contributed by atoms with Crippen molar-refractivity contribution < 1.29 is 9.53 Å². The maximum absolute atomic E-state index is 12.5. The standard InChI is InChI=1S/C16H20N4O2S/c1-3-22-11-12-9-20(10-14-16(12)19(2)18-17-14)15(21)7-6-13-5-4-8-23-13/h4-8,12H,3,9-11H2,1-2H3/b7-6+/t12-/m0/s1. The van der Waals surface area contributed by atoms with Gasteiger partial charge in [-0.15, -0.1) is 16.4 Å². The Morgan fingerprint density at radius 2 is 2.43 bits per heavy atom. The number of aryl methyl sites for hydroxylation is 1. The molecule has 0 saturated heterocycles. The van der Waals surface area contributed by atoms with Crippen LogP contribution in [0.25, 0.3) is 6.08 Å². The summed E-state index contributed by atoms with van der Waals surface area (Å²) in [4.78, 5) is 15.4. The van der Waals surface area contributed by atoms with E-state index >= 15 is 0 Å². The highest BCUT2D eigenvalue weighted by Crippen LogP contribution is 2.27. The van der Waals surface area contributed by atoms with Crippen molar-refractivity contribution in [2.24, 2.45) is 7.05 Å². The first-order valence-corrected chi connectivity index (χ1v) is 8.53. The van der Waals surface area contributed by atoms with E-state index in [0.717, 1.165) is 16.3 Å². The van der Waals surface area contributed by atoms with Gasteiger partial charge >= 0.3 is 0 Å². The Bertz CT molecular complexity index is 693. The van der Waals surface area contributed by atoms with E-state index in [2.05, 4.69) is 10.3 Å². The molecule has 0 fully saturated rings. The van der Waals surface area contributed by atoms with E-state index in [1.165, 1.54) is 0 Å². The first-order chi connectivity index (χ1) is 11.2. The molecule has 2 aromatic rings. The number of carbonyl (C=O) groups is 1. The zero-order valence-electron chi connectivity index (χ0n) is 13.3. The van der Waals surface area contributed by atoms with Crippen LogP contribution in [0.15, 0.2) is 23.6 Å². The van der Waals surface area contributed by atoms with Crippen LogP contribution in [0.1, 0.15) is 29.1 Å². The van der Waals surface area contributed by atoms with Crippen LogP contribution in [0.4, 0.5) is 0 Å². The van der Waals surface area contributed by atoms with E-state index in [0.29, 0.717) is 26.3 Å². The molecule has 1 atom stereocenters. The second-order valence-corrected chi connectivity index (χ2v) is 6.45. The second-order valence-electron chi connectivity index (χ2n) is 5.47. The fourth-order valence-corrected chi connectivity index (χ4v) is 3.44. The van der Waals surface area contributed by atoms with Crippen LogP contribution in [0, 0.1) is 0 Å². The zero-order chi connectivity index (χ0) is 16.2. The van der Waals surface area contributed by atoms with Gasteiger partial charge in [-0.25, -0.2) is 0 Å². The topological polar surface area (TPSA) is 60.2 Å². The van der Waals surface area contributed by atoms with Crippen LogP contribution in [0.5, 0.6) is 0 Å².